The lowest BCUT2D eigenvalue weighted by molar-refractivity contribution is -0.126. The van der Waals surface area contributed by atoms with Gasteiger partial charge in [0.15, 0.2) is 20.5 Å². The van der Waals surface area contributed by atoms with Crippen molar-refractivity contribution in [3.8, 4) is 16.9 Å². The molecule has 0 radical (unpaired) electrons. The summed E-state index contributed by atoms with van der Waals surface area (Å²) in [5.41, 5.74) is -0.779. The molecule has 1 amide bonds. The van der Waals surface area contributed by atoms with Crippen molar-refractivity contribution in [1.29, 1.82) is 0 Å². The van der Waals surface area contributed by atoms with Crippen LogP contribution >= 0.6 is 11.6 Å². The quantitative estimate of drug-likeness (QED) is 0.282. The standard InChI is InChI=1S/C30H29ClF2N6O4S/c1-6-24(40)37-11-12-38(17(4)15-37)27-21-14-23(33)25(20-8-7-18(32)13-22(20)31)35-28(21)39(30(41)36-27)26-19(16(2)3)9-10-34-29(26)44(5,42)43/h6-10,13-14,16-17H,1,11-12,15H2,2-5H3/t17-/m0/s1. The maximum Gasteiger partial charge on any atom is 0.355 e. The zero-order valence-corrected chi connectivity index (χ0v) is 26.0. The number of hydrogen-bond acceptors (Lipinski definition) is 8. The van der Waals surface area contributed by atoms with Gasteiger partial charge in [-0.25, -0.2) is 36.5 Å². The average molecular weight is 643 g/mol. The number of nitrogens with zero attached hydrogens (tertiary/aromatic N) is 6. The van der Waals surface area contributed by atoms with E-state index >= 15 is 4.39 Å². The van der Waals surface area contributed by atoms with Gasteiger partial charge in [-0.2, -0.15) is 4.98 Å². The lowest BCUT2D eigenvalue weighted by atomic mass is 10.0. The van der Waals surface area contributed by atoms with E-state index in [2.05, 4.69) is 21.5 Å². The van der Waals surface area contributed by atoms with Gasteiger partial charge in [-0.15, -0.1) is 0 Å². The van der Waals surface area contributed by atoms with Crippen molar-refractivity contribution in [1.82, 2.24) is 24.4 Å². The zero-order chi connectivity index (χ0) is 32.1. The number of hydrogen-bond donors (Lipinski definition) is 0. The topological polar surface area (TPSA) is 118 Å². The highest BCUT2D eigenvalue weighted by Gasteiger charge is 2.32. The lowest BCUT2D eigenvalue weighted by Crippen LogP contribution is -2.54. The van der Waals surface area contributed by atoms with Gasteiger partial charge in [-0.1, -0.05) is 32.0 Å². The van der Waals surface area contributed by atoms with Crippen LogP contribution in [0.3, 0.4) is 0 Å². The van der Waals surface area contributed by atoms with Crippen LogP contribution in [0, 0.1) is 11.6 Å². The van der Waals surface area contributed by atoms with Gasteiger partial charge in [0.2, 0.25) is 5.91 Å². The zero-order valence-electron chi connectivity index (χ0n) is 24.4. The second-order valence-electron chi connectivity index (χ2n) is 10.9. The third-order valence-electron chi connectivity index (χ3n) is 7.49. The highest BCUT2D eigenvalue weighted by Crippen LogP contribution is 2.36. The minimum atomic E-state index is -3.98. The Balaban J connectivity index is 1.88. The number of amides is 1. The molecule has 4 heterocycles. The van der Waals surface area contributed by atoms with Gasteiger partial charge in [0.05, 0.1) is 16.1 Å². The van der Waals surface area contributed by atoms with Crippen molar-refractivity contribution in [3.63, 3.8) is 0 Å². The number of piperazine rings is 1. The number of aromatic nitrogens is 4. The van der Waals surface area contributed by atoms with Gasteiger partial charge in [-0.3, -0.25) is 4.79 Å². The smallest absolute Gasteiger partial charge is 0.350 e. The first-order chi connectivity index (χ1) is 20.7. The van der Waals surface area contributed by atoms with Crippen LogP contribution in [-0.4, -0.2) is 70.7 Å². The fourth-order valence-corrected chi connectivity index (χ4v) is 6.48. The maximum absolute atomic E-state index is 15.9. The van der Waals surface area contributed by atoms with Crippen molar-refractivity contribution in [2.24, 2.45) is 0 Å². The van der Waals surface area contributed by atoms with Crippen LogP contribution in [0.5, 0.6) is 0 Å². The molecule has 4 aromatic rings. The Hall–Kier alpha value is -4.23. The number of fused-ring (bicyclic) bond motifs is 1. The average Bonchev–Trinajstić information content (AvgIpc) is 2.96. The van der Waals surface area contributed by atoms with Crippen molar-refractivity contribution in [2.45, 2.75) is 37.8 Å². The van der Waals surface area contributed by atoms with E-state index in [0.717, 1.165) is 29.0 Å². The van der Waals surface area contributed by atoms with Crippen molar-refractivity contribution in [2.75, 3.05) is 30.8 Å². The van der Waals surface area contributed by atoms with E-state index in [4.69, 9.17) is 11.6 Å². The molecule has 0 aliphatic carbocycles. The molecule has 1 atom stereocenters. The molecule has 1 saturated heterocycles. The van der Waals surface area contributed by atoms with Gasteiger partial charge in [0.1, 0.15) is 23.1 Å². The second kappa shape index (κ2) is 11.7. The number of halogens is 3. The van der Waals surface area contributed by atoms with Crippen molar-refractivity contribution in [3.05, 3.63) is 81.9 Å². The summed E-state index contributed by atoms with van der Waals surface area (Å²) in [6.45, 7) is 9.85. The van der Waals surface area contributed by atoms with E-state index in [1.54, 1.807) is 15.9 Å². The fourth-order valence-electron chi connectivity index (χ4n) is 5.41. The fraction of sp³-hybridized carbons (Fsp3) is 0.300. The molecule has 5 rings (SSSR count). The summed E-state index contributed by atoms with van der Waals surface area (Å²) in [5.74, 6) is -1.87. The monoisotopic (exact) mass is 642 g/mol. The molecule has 1 aromatic carbocycles. The van der Waals surface area contributed by atoms with Gasteiger partial charge in [0.25, 0.3) is 0 Å². The summed E-state index contributed by atoms with van der Waals surface area (Å²) in [4.78, 5) is 42.7. The molecule has 0 unspecified atom stereocenters. The normalized spacial score (nSPS) is 15.7. The SMILES string of the molecule is C=CC(=O)N1CCN(c2nc(=O)n(-c3c(C(C)C)ccnc3S(C)(=O)=O)c3nc(-c4ccc(F)cc4Cl)c(F)cc23)[C@@H](C)C1. The Morgan fingerprint density at radius 2 is 1.89 bits per heavy atom. The summed E-state index contributed by atoms with van der Waals surface area (Å²) < 4.78 is 56.8. The molecule has 10 nitrogen and oxygen atoms in total. The number of anilines is 1. The molecule has 14 heteroatoms. The molecule has 3 aromatic heterocycles. The van der Waals surface area contributed by atoms with Crippen LogP contribution in [0.25, 0.3) is 28.0 Å². The maximum atomic E-state index is 15.9. The molecule has 1 aliphatic heterocycles. The number of carbonyl (C=O) groups excluding carboxylic acids is 1. The molecular weight excluding hydrogens is 614 g/mol. The highest BCUT2D eigenvalue weighted by molar-refractivity contribution is 7.90. The summed E-state index contributed by atoms with van der Waals surface area (Å²) in [6, 6.07) is 5.78. The third-order valence-corrected chi connectivity index (χ3v) is 8.81. The molecule has 1 fully saturated rings. The first-order valence-electron chi connectivity index (χ1n) is 13.7. The highest BCUT2D eigenvalue weighted by atomic mass is 35.5. The lowest BCUT2D eigenvalue weighted by Gasteiger charge is -2.40. The van der Waals surface area contributed by atoms with E-state index < -0.39 is 27.2 Å². The van der Waals surface area contributed by atoms with Gasteiger partial charge >= 0.3 is 5.69 Å². The molecule has 0 bridgehead atoms. The van der Waals surface area contributed by atoms with Crippen LogP contribution in [0.1, 0.15) is 32.3 Å². The van der Waals surface area contributed by atoms with E-state index in [1.807, 2.05) is 20.8 Å². The van der Waals surface area contributed by atoms with Crippen molar-refractivity contribution >= 4 is 44.2 Å². The summed E-state index contributed by atoms with van der Waals surface area (Å²) in [7, 11) is -3.98. The number of rotatable bonds is 6. The summed E-state index contributed by atoms with van der Waals surface area (Å²) in [5, 5.41) is -0.381. The molecule has 0 N–H and O–H groups in total. The Bertz CT molecular complexity index is 2000. The first-order valence-corrected chi connectivity index (χ1v) is 16.0. The number of benzene rings is 1. The molecule has 44 heavy (non-hydrogen) atoms. The van der Waals surface area contributed by atoms with E-state index in [-0.39, 0.29) is 74.8 Å². The predicted octanol–water partition coefficient (Wildman–Crippen LogP) is 4.52. The molecular formula is C30H29ClF2N6O4S. The minimum absolute atomic E-state index is 0.0521. The Kier molecular flexibility index (Phi) is 8.29. The van der Waals surface area contributed by atoms with Gasteiger partial charge in [0, 0.05) is 43.7 Å². The molecule has 0 saturated carbocycles. The van der Waals surface area contributed by atoms with Crippen LogP contribution in [-0.2, 0) is 14.6 Å². The second-order valence-corrected chi connectivity index (χ2v) is 13.2. The largest absolute Gasteiger partial charge is 0.355 e. The Morgan fingerprint density at radius 1 is 1.16 bits per heavy atom. The molecule has 230 valence electrons. The number of sulfone groups is 1. The van der Waals surface area contributed by atoms with E-state index in [0.29, 0.717) is 12.1 Å². The van der Waals surface area contributed by atoms with Crippen LogP contribution < -0.4 is 10.6 Å². The minimum Gasteiger partial charge on any atom is -0.350 e. The third kappa shape index (κ3) is 5.57. The van der Waals surface area contributed by atoms with Crippen molar-refractivity contribution < 1.29 is 22.0 Å². The Labute approximate surface area is 257 Å². The Morgan fingerprint density at radius 3 is 2.50 bits per heavy atom. The predicted molar refractivity (Wildman–Crippen MR) is 164 cm³/mol. The van der Waals surface area contributed by atoms with Gasteiger partial charge < -0.3 is 9.80 Å². The molecule has 0 spiro atoms. The van der Waals surface area contributed by atoms with Crippen LogP contribution in [0.4, 0.5) is 14.6 Å². The number of pyridine rings is 2. The summed E-state index contributed by atoms with van der Waals surface area (Å²) >= 11 is 6.29. The first kappa shape index (κ1) is 31.2. The van der Waals surface area contributed by atoms with E-state index in [9.17, 15) is 22.4 Å². The molecule has 1 aliphatic rings. The van der Waals surface area contributed by atoms with Gasteiger partial charge in [-0.05, 0) is 54.8 Å². The number of carbonyl (C=O) groups is 1. The van der Waals surface area contributed by atoms with Crippen LogP contribution in [0.15, 0.2) is 59.0 Å². The van der Waals surface area contributed by atoms with E-state index in [1.165, 1.54) is 18.3 Å². The van der Waals surface area contributed by atoms with Crippen LogP contribution in [0.2, 0.25) is 5.02 Å². The summed E-state index contributed by atoms with van der Waals surface area (Å²) in [6.07, 6.45) is 3.53.